The Morgan fingerprint density at radius 3 is 2.80 bits per heavy atom. The lowest BCUT2D eigenvalue weighted by Crippen LogP contribution is -2.49. The van der Waals surface area contributed by atoms with Crippen molar-refractivity contribution in [1.29, 1.82) is 0 Å². The summed E-state index contributed by atoms with van der Waals surface area (Å²) >= 11 is 0. The molecule has 0 aromatic heterocycles. The molecule has 2 saturated carbocycles. The van der Waals surface area contributed by atoms with Crippen LogP contribution in [0.1, 0.15) is 69.4 Å². The summed E-state index contributed by atoms with van der Waals surface area (Å²) in [5.41, 5.74) is 3.37. The third-order valence-electron chi connectivity index (χ3n) is 7.47. The third kappa shape index (κ3) is 2.76. The fraction of sp³-hybridized carbons (Fsp3) is 0.682. The van der Waals surface area contributed by atoms with Gasteiger partial charge in [0.25, 0.3) is 0 Å². The van der Waals surface area contributed by atoms with Gasteiger partial charge in [-0.05, 0) is 85.3 Å². The molecule has 1 aromatic rings. The van der Waals surface area contributed by atoms with Crippen LogP contribution in [-0.4, -0.2) is 19.2 Å². The van der Waals surface area contributed by atoms with Gasteiger partial charge in [0.2, 0.25) is 0 Å². The van der Waals surface area contributed by atoms with Crippen LogP contribution in [-0.2, 0) is 16.0 Å². The molecule has 0 saturated heterocycles. The Bertz CT molecular complexity index is 667. The molecule has 0 bridgehead atoms. The molecule has 0 N–H and O–H groups in total. The van der Waals surface area contributed by atoms with Crippen LogP contribution < -0.4 is 4.74 Å². The molecule has 0 radical (unpaired) electrons. The fourth-order valence-corrected chi connectivity index (χ4v) is 6.29. The maximum atomic E-state index is 11.3. The molecular weight excluding hydrogens is 312 g/mol. The maximum Gasteiger partial charge on any atom is 0.302 e. The van der Waals surface area contributed by atoms with E-state index in [0.29, 0.717) is 17.3 Å². The van der Waals surface area contributed by atoms with Crippen molar-refractivity contribution in [2.75, 3.05) is 7.11 Å². The quantitative estimate of drug-likeness (QED) is 0.719. The van der Waals surface area contributed by atoms with Crippen molar-refractivity contribution in [3.8, 4) is 5.75 Å². The smallest absolute Gasteiger partial charge is 0.302 e. The van der Waals surface area contributed by atoms with E-state index in [-0.39, 0.29) is 12.1 Å². The van der Waals surface area contributed by atoms with Gasteiger partial charge in [0.1, 0.15) is 11.9 Å². The topological polar surface area (TPSA) is 35.5 Å². The van der Waals surface area contributed by atoms with Crippen LogP contribution in [0.15, 0.2) is 18.2 Å². The first-order valence-corrected chi connectivity index (χ1v) is 9.86. The highest BCUT2D eigenvalue weighted by Gasteiger charge is 2.52. The summed E-state index contributed by atoms with van der Waals surface area (Å²) in [5.74, 6) is 3.07. The standard InChI is InChI=1S/C22H30O3/c1-14(23)25-16-11-12-22(2)15(13-16)7-8-18-17-5-4-6-21(24-3)19(17)9-10-20(18)22/h4-6,15-16,18,20H,7-13H2,1-3H3/t15-,16+,18-,20-,22+/m1/s1. The average Bonchev–Trinajstić information content (AvgIpc) is 2.60. The lowest BCUT2D eigenvalue weighted by molar-refractivity contribution is -0.153. The zero-order valence-electron chi connectivity index (χ0n) is 15.7. The van der Waals surface area contributed by atoms with Crippen molar-refractivity contribution in [3.05, 3.63) is 29.3 Å². The predicted molar refractivity (Wildman–Crippen MR) is 97.8 cm³/mol. The van der Waals surface area contributed by atoms with Crippen molar-refractivity contribution >= 4 is 5.97 Å². The molecule has 0 spiro atoms. The van der Waals surface area contributed by atoms with Gasteiger partial charge in [-0.2, -0.15) is 0 Å². The number of methoxy groups -OCH3 is 1. The monoisotopic (exact) mass is 342 g/mol. The SMILES string of the molecule is COc1cccc2c1CC[C@@H]1[C@@H]2CC[C@@H]2C[C@@H](OC(C)=O)CC[C@@]21C. The molecule has 3 heteroatoms. The molecule has 25 heavy (non-hydrogen) atoms. The maximum absolute atomic E-state index is 11.3. The van der Waals surface area contributed by atoms with Gasteiger partial charge in [-0.25, -0.2) is 0 Å². The number of carbonyl (C=O) groups is 1. The highest BCUT2D eigenvalue weighted by molar-refractivity contribution is 5.66. The molecule has 2 fully saturated rings. The summed E-state index contributed by atoms with van der Waals surface area (Å²) < 4.78 is 11.2. The molecule has 3 aliphatic rings. The summed E-state index contributed by atoms with van der Waals surface area (Å²) in [6.07, 6.45) is 8.34. The number of hydrogen-bond acceptors (Lipinski definition) is 3. The zero-order valence-corrected chi connectivity index (χ0v) is 15.7. The van der Waals surface area contributed by atoms with Crippen LogP contribution in [0.2, 0.25) is 0 Å². The van der Waals surface area contributed by atoms with E-state index in [0.717, 1.165) is 30.9 Å². The van der Waals surface area contributed by atoms with E-state index in [1.165, 1.54) is 43.7 Å². The Kier molecular flexibility index (Phi) is 4.29. The van der Waals surface area contributed by atoms with E-state index in [2.05, 4.69) is 25.1 Å². The van der Waals surface area contributed by atoms with Crippen molar-refractivity contribution in [1.82, 2.24) is 0 Å². The van der Waals surface area contributed by atoms with Crippen molar-refractivity contribution < 1.29 is 14.3 Å². The lowest BCUT2D eigenvalue weighted by atomic mass is 9.49. The molecule has 3 aliphatic carbocycles. The second-order valence-electron chi connectivity index (χ2n) is 8.57. The summed E-state index contributed by atoms with van der Waals surface area (Å²) in [5, 5.41) is 0. The van der Waals surface area contributed by atoms with Crippen LogP contribution in [0.5, 0.6) is 5.75 Å². The molecule has 3 nitrogen and oxygen atoms in total. The van der Waals surface area contributed by atoms with E-state index in [1.54, 1.807) is 7.11 Å². The number of carbonyl (C=O) groups excluding carboxylic acids is 1. The van der Waals surface area contributed by atoms with Crippen LogP contribution in [0.3, 0.4) is 0 Å². The third-order valence-corrected chi connectivity index (χ3v) is 7.47. The first-order valence-electron chi connectivity index (χ1n) is 9.86. The predicted octanol–water partition coefficient (Wildman–Crippen LogP) is 4.87. The second-order valence-corrected chi connectivity index (χ2v) is 8.57. The van der Waals surface area contributed by atoms with Crippen LogP contribution in [0, 0.1) is 17.3 Å². The van der Waals surface area contributed by atoms with Gasteiger partial charge in [-0.3, -0.25) is 4.79 Å². The Labute approximate surface area is 151 Å². The highest BCUT2D eigenvalue weighted by atomic mass is 16.5. The Hall–Kier alpha value is -1.51. The number of fused-ring (bicyclic) bond motifs is 5. The molecule has 0 amide bonds. The summed E-state index contributed by atoms with van der Waals surface area (Å²) in [6.45, 7) is 4.06. The van der Waals surface area contributed by atoms with Gasteiger partial charge >= 0.3 is 5.97 Å². The molecule has 0 heterocycles. The van der Waals surface area contributed by atoms with Crippen molar-refractivity contribution in [3.63, 3.8) is 0 Å². The Balaban J connectivity index is 1.60. The van der Waals surface area contributed by atoms with E-state index in [9.17, 15) is 4.79 Å². The Morgan fingerprint density at radius 1 is 1.20 bits per heavy atom. The van der Waals surface area contributed by atoms with Gasteiger partial charge in [-0.1, -0.05) is 19.1 Å². The minimum absolute atomic E-state index is 0.124. The molecule has 0 aliphatic heterocycles. The molecule has 5 atom stereocenters. The molecule has 0 unspecified atom stereocenters. The first-order chi connectivity index (χ1) is 12.0. The van der Waals surface area contributed by atoms with Gasteiger partial charge in [0, 0.05) is 6.92 Å². The number of ether oxygens (including phenoxy) is 2. The molecule has 136 valence electrons. The normalized spacial score (nSPS) is 36.6. The zero-order chi connectivity index (χ0) is 17.6. The number of hydrogen-bond donors (Lipinski definition) is 0. The number of esters is 1. The van der Waals surface area contributed by atoms with Crippen molar-refractivity contribution in [2.24, 2.45) is 17.3 Å². The second kappa shape index (κ2) is 6.34. The van der Waals surface area contributed by atoms with Gasteiger partial charge in [-0.15, -0.1) is 0 Å². The van der Waals surface area contributed by atoms with Crippen LogP contribution in [0.25, 0.3) is 0 Å². The Morgan fingerprint density at radius 2 is 2.04 bits per heavy atom. The minimum Gasteiger partial charge on any atom is -0.496 e. The van der Waals surface area contributed by atoms with Gasteiger partial charge < -0.3 is 9.47 Å². The van der Waals surface area contributed by atoms with E-state index >= 15 is 0 Å². The molecule has 4 rings (SSSR count). The van der Waals surface area contributed by atoms with Gasteiger partial charge in [0.05, 0.1) is 7.11 Å². The first kappa shape index (κ1) is 16.9. The van der Waals surface area contributed by atoms with Crippen molar-refractivity contribution in [2.45, 2.75) is 70.8 Å². The molecular formula is C22H30O3. The van der Waals surface area contributed by atoms with E-state index in [1.807, 2.05) is 0 Å². The van der Waals surface area contributed by atoms with Gasteiger partial charge in [0.15, 0.2) is 0 Å². The number of rotatable bonds is 2. The molecule has 1 aromatic carbocycles. The highest BCUT2D eigenvalue weighted by Crippen LogP contribution is 2.61. The van der Waals surface area contributed by atoms with Crippen LogP contribution >= 0.6 is 0 Å². The number of benzene rings is 1. The average molecular weight is 342 g/mol. The van der Waals surface area contributed by atoms with E-state index in [4.69, 9.17) is 9.47 Å². The lowest BCUT2D eigenvalue weighted by Gasteiger charge is -2.56. The van der Waals surface area contributed by atoms with E-state index < -0.39 is 0 Å². The summed E-state index contributed by atoms with van der Waals surface area (Å²) in [6, 6.07) is 6.60. The summed E-state index contributed by atoms with van der Waals surface area (Å²) in [7, 11) is 1.79. The van der Waals surface area contributed by atoms with Crippen LogP contribution in [0.4, 0.5) is 0 Å². The fourth-order valence-electron chi connectivity index (χ4n) is 6.29. The minimum atomic E-state index is -0.124. The summed E-state index contributed by atoms with van der Waals surface area (Å²) in [4.78, 5) is 11.3. The largest absolute Gasteiger partial charge is 0.496 e.